The first-order valence-electron chi connectivity index (χ1n) is 6.68. The van der Waals surface area contributed by atoms with Crippen molar-refractivity contribution in [3.05, 3.63) is 0 Å². The molecule has 0 N–H and O–H groups in total. The zero-order chi connectivity index (χ0) is 10.9. The van der Waals surface area contributed by atoms with E-state index >= 15 is 0 Å². The Morgan fingerprint density at radius 3 is 2.33 bits per heavy atom. The molecular weight excluding hydrogens is 206 g/mol. The van der Waals surface area contributed by atoms with E-state index in [0.29, 0.717) is 0 Å². The number of rotatable bonds is 8. The maximum Gasteiger partial charge on any atom is 0.0223 e. The summed E-state index contributed by atoms with van der Waals surface area (Å²) in [6, 6.07) is 0.906. The van der Waals surface area contributed by atoms with Crippen LogP contribution in [0.15, 0.2) is 0 Å². The van der Waals surface area contributed by atoms with E-state index in [1.807, 2.05) is 0 Å². The average Bonchev–Trinajstić information content (AvgIpc) is 2.77. The van der Waals surface area contributed by atoms with Crippen LogP contribution in [-0.4, -0.2) is 29.9 Å². The van der Waals surface area contributed by atoms with E-state index < -0.39 is 0 Å². The van der Waals surface area contributed by atoms with E-state index in [0.717, 1.165) is 11.9 Å². The summed E-state index contributed by atoms with van der Waals surface area (Å²) in [7, 11) is 0. The molecule has 0 atom stereocenters. The predicted octanol–water partition coefficient (Wildman–Crippen LogP) is 4.05. The molecule has 15 heavy (non-hydrogen) atoms. The minimum Gasteiger partial charge on any atom is -0.301 e. The van der Waals surface area contributed by atoms with Gasteiger partial charge in [-0.3, -0.25) is 0 Å². The fourth-order valence-electron chi connectivity index (χ4n) is 2.63. The number of alkyl halides is 1. The third-order valence-corrected chi connectivity index (χ3v) is 3.84. The number of unbranched alkanes of at least 4 members (excludes halogenated alkanes) is 3. The molecule has 1 aliphatic carbocycles. The Hall–Kier alpha value is 0.250. The van der Waals surface area contributed by atoms with E-state index in [2.05, 4.69) is 11.8 Å². The normalized spacial score (nSPS) is 17.8. The standard InChI is InChI=1S/C13H26ClN/c1-2-15(13-9-5-6-10-13)12-8-4-3-7-11-14/h13H,2-12H2,1H3. The first-order valence-corrected chi connectivity index (χ1v) is 7.22. The second-order valence-corrected chi connectivity index (χ2v) is 5.05. The van der Waals surface area contributed by atoms with Gasteiger partial charge in [0.05, 0.1) is 0 Å². The molecule has 90 valence electrons. The fourth-order valence-corrected chi connectivity index (χ4v) is 2.82. The van der Waals surface area contributed by atoms with Gasteiger partial charge in [0.15, 0.2) is 0 Å². The summed E-state index contributed by atoms with van der Waals surface area (Å²) in [4.78, 5) is 2.69. The number of hydrogen-bond donors (Lipinski definition) is 0. The molecule has 1 rings (SSSR count). The van der Waals surface area contributed by atoms with E-state index in [4.69, 9.17) is 11.6 Å². The maximum atomic E-state index is 5.66. The van der Waals surface area contributed by atoms with Gasteiger partial charge in [-0.05, 0) is 38.8 Å². The largest absolute Gasteiger partial charge is 0.301 e. The van der Waals surface area contributed by atoms with Crippen molar-refractivity contribution < 1.29 is 0 Å². The van der Waals surface area contributed by atoms with Crippen LogP contribution in [0.2, 0.25) is 0 Å². The summed E-state index contributed by atoms with van der Waals surface area (Å²) in [6.45, 7) is 4.85. The lowest BCUT2D eigenvalue weighted by atomic mass is 10.1. The van der Waals surface area contributed by atoms with Gasteiger partial charge >= 0.3 is 0 Å². The number of hydrogen-bond acceptors (Lipinski definition) is 1. The highest BCUT2D eigenvalue weighted by Crippen LogP contribution is 2.23. The average molecular weight is 232 g/mol. The van der Waals surface area contributed by atoms with Crippen molar-refractivity contribution in [2.45, 2.75) is 64.3 Å². The van der Waals surface area contributed by atoms with Crippen molar-refractivity contribution in [3.63, 3.8) is 0 Å². The Morgan fingerprint density at radius 2 is 1.73 bits per heavy atom. The van der Waals surface area contributed by atoms with Gasteiger partial charge in [0.25, 0.3) is 0 Å². The summed E-state index contributed by atoms with van der Waals surface area (Å²) < 4.78 is 0. The summed E-state index contributed by atoms with van der Waals surface area (Å²) in [5.41, 5.74) is 0. The molecule has 0 aromatic rings. The summed E-state index contributed by atoms with van der Waals surface area (Å²) in [5, 5.41) is 0. The van der Waals surface area contributed by atoms with Crippen molar-refractivity contribution in [3.8, 4) is 0 Å². The second kappa shape index (κ2) is 8.41. The maximum absolute atomic E-state index is 5.66. The predicted molar refractivity (Wildman–Crippen MR) is 68.7 cm³/mol. The van der Waals surface area contributed by atoms with Gasteiger partial charge < -0.3 is 4.90 Å². The Kier molecular flexibility index (Phi) is 7.46. The van der Waals surface area contributed by atoms with Crippen LogP contribution in [0.5, 0.6) is 0 Å². The molecule has 0 spiro atoms. The zero-order valence-corrected chi connectivity index (χ0v) is 10.9. The molecule has 0 aromatic carbocycles. The number of nitrogens with zero attached hydrogens (tertiary/aromatic N) is 1. The molecule has 0 saturated heterocycles. The molecule has 1 saturated carbocycles. The SMILES string of the molecule is CCN(CCCCCCCl)C1CCCC1. The Bertz CT molecular complexity index is 143. The molecule has 0 unspecified atom stereocenters. The third-order valence-electron chi connectivity index (χ3n) is 3.58. The van der Waals surface area contributed by atoms with Gasteiger partial charge in [0.2, 0.25) is 0 Å². The van der Waals surface area contributed by atoms with Gasteiger partial charge in [0, 0.05) is 11.9 Å². The van der Waals surface area contributed by atoms with Crippen LogP contribution in [0.25, 0.3) is 0 Å². The van der Waals surface area contributed by atoms with Crippen molar-refractivity contribution in [2.75, 3.05) is 19.0 Å². The van der Waals surface area contributed by atoms with Crippen molar-refractivity contribution >= 4 is 11.6 Å². The lowest BCUT2D eigenvalue weighted by Gasteiger charge is -2.27. The Morgan fingerprint density at radius 1 is 1.07 bits per heavy atom. The van der Waals surface area contributed by atoms with Gasteiger partial charge in [-0.2, -0.15) is 0 Å². The molecule has 1 fully saturated rings. The molecule has 0 amide bonds. The minimum atomic E-state index is 0.833. The molecule has 0 radical (unpaired) electrons. The quantitative estimate of drug-likeness (QED) is 0.450. The summed E-state index contributed by atoms with van der Waals surface area (Å²) in [5.74, 6) is 0.833. The lowest BCUT2D eigenvalue weighted by Crippen LogP contribution is -2.33. The van der Waals surface area contributed by atoms with E-state index in [9.17, 15) is 0 Å². The highest BCUT2D eigenvalue weighted by Gasteiger charge is 2.20. The highest BCUT2D eigenvalue weighted by atomic mass is 35.5. The molecule has 1 aliphatic rings. The van der Waals surface area contributed by atoms with Gasteiger partial charge in [0.1, 0.15) is 0 Å². The third kappa shape index (κ3) is 5.21. The number of halogens is 1. The van der Waals surface area contributed by atoms with Crippen LogP contribution >= 0.6 is 11.6 Å². The first kappa shape index (κ1) is 13.3. The highest BCUT2D eigenvalue weighted by molar-refractivity contribution is 6.17. The summed E-state index contributed by atoms with van der Waals surface area (Å²) >= 11 is 5.66. The Balaban J connectivity index is 2.05. The van der Waals surface area contributed by atoms with E-state index in [-0.39, 0.29) is 0 Å². The van der Waals surface area contributed by atoms with Crippen LogP contribution in [0.3, 0.4) is 0 Å². The molecule has 2 heteroatoms. The van der Waals surface area contributed by atoms with Crippen molar-refractivity contribution in [1.29, 1.82) is 0 Å². The monoisotopic (exact) mass is 231 g/mol. The van der Waals surface area contributed by atoms with Crippen molar-refractivity contribution in [1.82, 2.24) is 4.90 Å². The fraction of sp³-hybridized carbons (Fsp3) is 1.00. The van der Waals surface area contributed by atoms with Gasteiger partial charge in [-0.25, -0.2) is 0 Å². The van der Waals surface area contributed by atoms with Crippen LogP contribution in [0.4, 0.5) is 0 Å². The van der Waals surface area contributed by atoms with Crippen LogP contribution in [0.1, 0.15) is 58.3 Å². The molecular formula is C13H26ClN. The van der Waals surface area contributed by atoms with E-state index in [1.165, 1.54) is 64.5 Å². The smallest absolute Gasteiger partial charge is 0.0223 e. The Labute approximate surface area is 100 Å². The topological polar surface area (TPSA) is 3.24 Å². The second-order valence-electron chi connectivity index (χ2n) is 4.67. The van der Waals surface area contributed by atoms with Gasteiger partial charge in [-0.1, -0.05) is 32.6 Å². The van der Waals surface area contributed by atoms with Crippen LogP contribution in [-0.2, 0) is 0 Å². The molecule has 0 bridgehead atoms. The molecule has 0 aromatic heterocycles. The van der Waals surface area contributed by atoms with Gasteiger partial charge in [-0.15, -0.1) is 11.6 Å². The molecule has 1 nitrogen and oxygen atoms in total. The minimum absolute atomic E-state index is 0.833. The summed E-state index contributed by atoms with van der Waals surface area (Å²) in [6.07, 6.45) is 11.0. The molecule has 0 aliphatic heterocycles. The lowest BCUT2D eigenvalue weighted by molar-refractivity contribution is 0.204. The first-order chi connectivity index (χ1) is 7.38. The van der Waals surface area contributed by atoms with Crippen LogP contribution < -0.4 is 0 Å². The molecule has 0 heterocycles. The van der Waals surface area contributed by atoms with Crippen molar-refractivity contribution in [2.24, 2.45) is 0 Å². The van der Waals surface area contributed by atoms with Crippen LogP contribution in [0, 0.1) is 0 Å². The van der Waals surface area contributed by atoms with E-state index in [1.54, 1.807) is 0 Å². The zero-order valence-electron chi connectivity index (χ0n) is 10.2.